The van der Waals surface area contributed by atoms with Crippen molar-refractivity contribution in [2.75, 3.05) is 36.5 Å². The maximum absolute atomic E-state index is 12.2. The topological polar surface area (TPSA) is 75.7 Å². The number of methoxy groups -OCH3 is 1. The molecule has 0 heterocycles. The zero-order valence-electron chi connectivity index (χ0n) is 18.1. The number of nitrogens with one attached hydrogen (secondary N) is 1. The quantitative estimate of drug-likeness (QED) is 0.456. The minimum atomic E-state index is -3.51. The molecule has 0 saturated heterocycles. The van der Waals surface area contributed by atoms with E-state index in [1.807, 2.05) is 6.07 Å². The fourth-order valence-electron chi connectivity index (χ4n) is 3.02. The molecular formula is C22H29ClN2O4S2. The van der Waals surface area contributed by atoms with Crippen molar-refractivity contribution in [1.82, 2.24) is 5.32 Å². The molecule has 0 aliphatic heterocycles. The summed E-state index contributed by atoms with van der Waals surface area (Å²) in [7, 11) is -2.01. The molecule has 0 saturated carbocycles. The Morgan fingerprint density at radius 3 is 2.65 bits per heavy atom. The van der Waals surface area contributed by atoms with E-state index in [1.54, 1.807) is 30.0 Å². The number of anilines is 1. The Morgan fingerprint density at radius 2 is 2.00 bits per heavy atom. The first kappa shape index (κ1) is 25.4. The average molecular weight is 485 g/mol. The Bertz CT molecular complexity index is 983. The van der Waals surface area contributed by atoms with Crippen molar-refractivity contribution in [3.05, 3.63) is 58.6 Å². The van der Waals surface area contributed by atoms with Gasteiger partial charge >= 0.3 is 0 Å². The molecular weight excluding hydrogens is 456 g/mol. The third kappa shape index (κ3) is 8.63. The van der Waals surface area contributed by atoms with E-state index < -0.39 is 10.0 Å². The van der Waals surface area contributed by atoms with Gasteiger partial charge in [-0.15, -0.1) is 0 Å². The molecule has 2 aromatic rings. The number of hydrogen-bond donors (Lipinski definition) is 1. The van der Waals surface area contributed by atoms with Gasteiger partial charge in [0.05, 0.1) is 24.1 Å². The number of nitrogens with zero attached hydrogens (tertiary/aromatic N) is 1. The van der Waals surface area contributed by atoms with Gasteiger partial charge in [-0.25, -0.2) is 8.42 Å². The molecule has 0 bridgehead atoms. The molecule has 31 heavy (non-hydrogen) atoms. The van der Waals surface area contributed by atoms with Crippen molar-refractivity contribution in [1.29, 1.82) is 0 Å². The van der Waals surface area contributed by atoms with E-state index >= 15 is 0 Å². The van der Waals surface area contributed by atoms with Gasteiger partial charge in [0.15, 0.2) is 0 Å². The first-order chi connectivity index (χ1) is 14.7. The van der Waals surface area contributed by atoms with Crippen LogP contribution in [0.4, 0.5) is 5.69 Å². The Labute approximate surface area is 194 Å². The van der Waals surface area contributed by atoms with Gasteiger partial charge in [-0.2, -0.15) is 11.8 Å². The summed E-state index contributed by atoms with van der Waals surface area (Å²) >= 11 is 7.89. The number of ether oxygens (including phenoxy) is 1. The molecule has 9 heteroatoms. The number of rotatable bonds is 12. The van der Waals surface area contributed by atoms with Crippen LogP contribution < -0.4 is 14.4 Å². The van der Waals surface area contributed by atoms with Crippen molar-refractivity contribution in [2.24, 2.45) is 0 Å². The van der Waals surface area contributed by atoms with Gasteiger partial charge in [-0.3, -0.25) is 9.10 Å². The number of aryl methyl sites for hydroxylation is 1. The molecule has 170 valence electrons. The second-order valence-electron chi connectivity index (χ2n) is 7.15. The maximum atomic E-state index is 12.2. The van der Waals surface area contributed by atoms with Crippen molar-refractivity contribution in [2.45, 2.75) is 25.5 Å². The third-order valence-electron chi connectivity index (χ3n) is 4.51. The third-order valence-corrected chi connectivity index (χ3v) is 7.03. The van der Waals surface area contributed by atoms with Gasteiger partial charge in [-0.05, 0) is 37.1 Å². The van der Waals surface area contributed by atoms with E-state index in [-0.39, 0.29) is 18.9 Å². The molecule has 0 radical (unpaired) electrons. The van der Waals surface area contributed by atoms with Gasteiger partial charge in [0.1, 0.15) is 5.75 Å². The number of sulfonamides is 1. The Morgan fingerprint density at radius 1 is 1.23 bits per heavy atom. The first-order valence-corrected chi connectivity index (χ1v) is 13.3. The number of hydrogen-bond acceptors (Lipinski definition) is 5. The van der Waals surface area contributed by atoms with Crippen LogP contribution in [0.2, 0.25) is 5.02 Å². The van der Waals surface area contributed by atoms with Crippen LogP contribution in [0.1, 0.15) is 24.0 Å². The molecule has 0 aliphatic rings. The average Bonchev–Trinajstić information content (AvgIpc) is 2.70. The highest BCUT2D eigenvalue weighted by Gasteiger charge is 2.19. The maximum Gasteiger partial charge on any atom is 0.232 e. The van der Waals surface area contributed by atoms with Crippen LogP contribution in [0, 0.1) is 6.92 Å². The van der Waals surface area contributed by atoms with Gasteiger partial charge < -0.3 is 10.1 Å². The zero-order valence-corrected chi connectivity index (χ0v) is 20.4. The molecule has 0 unspecified atom stereocenters. The normalized spacial score (nSPS) is 11.2. The van der Waals surface area contributed by atoms with E-state index in [0.29, 0.717) is 29.4 Å². The van der Waals surface area contributed by atoms with E-state index in [2.05, 4.69) is 30.4 Å². The summed E-state index contributed by atoms with van der Waals surface area (Å²) in [6.07, 6.45) is 1.79. The lowest BCUT2D eigenvalue weighted by atomic mass is 10.2. The van der Waals surface area contributed by atoms with Crippen LogP contribution in [0.15, 0.2) is 42.5 Å². The van der Waals surface area contributed by atoms with Crippen molar-refractivity contribution >= 4 is 45.0 Å². The number of amides is 1. The summed E-state index contributed by atoms with van der Waals surface area (Å²) in [6.45, 7) is 2.85. The standard InChI is InChI=1S/C22H29ClN2O4S2/c1-17-6-4-7-18(14-17)16-30-13-11-24-22(26)8-5-12-25(31(3,27)28)19-9-10-21(29-2)20(23)15-19/h4,6-7,9-10,14-15H,5,8,11-13,16H2,1-3H3,(H,24,26). The molecule has 0 aromatic heterocycles. The lowest BCUT2D eigenvalue weighted by molar-refractivity contribution is -0.121. The highest BCUT2D eigenvalue weighted by molar-refractivity contribution is 7.98. The van der Waals surface area contributed by atoms with Crippen molar-refractivity contribution < 1.29 is 17.9 Å². The van der Waals surface area contributed by atoms with Crippen molar-refractivity contribution in [3.8, 4) is 5.75 Å². The van der Waals surface area contributed by atoms with Crippen molar-refractivity contribution in [3.63, 3.8) is 0 Å². The van der Waals surface area contributed by atoms with E-state index in [1.165, 1.54) is 22.5 Å². The first-order valence-electron chi connectivity index (χ1n) is 9.92. The van der Waals surface area contributed by atoms with Gasteiger partial charge in [0, 0.05) is 31.0 Å². The Kier molecular flexibility index (Phi) is 9.99. The predicted molar refractivity (Wildman–Crippen MR) is 130 cm³/mol. The van der Waals surface area contributed by atoms with Crippen LogP contribution in [0.25, 0.3) is 0 Å². The lowest BCUT2D eigenvalue weighted by Crippen LogP contribution is -2.32. The van der Waals surface area contributed by atoms with E-state index in [9.17, 15) is 13.2 Å². The van der Waals surface area contributed by atoms with Crippen LogP contribution in [-0.4, -0.2) is 46.5 Å². The number of halogens is 1. The minimum Gasteiger partial charge on any atom is -0.495 e. The minimum absolute atomic E-state index is 0.0858. The molecule has 6 nitrogen and oxygen atoms in total. The predicted octanol–water partition coefficient (Wildman–Crippen LogP) is 4.25. The second kappa shape index (κ2) is 12.2. The Hall–Kier alpha value is -1.90. The number of carbonyl (C=O) groups is 1. The largest absolute Gasteiger partial charge is 0.495 e. The highest BCUT2D eigenvalue weighted by Crippen LogP contribution is 2.30. The lowest BCUT2D eigenvalue weighted by Gasteiger charge is -2.23. The SMILES string of the molecule is COc1ccc(N(CCCC(=O)NCCSCc2cccc(C)c2)S(C)(=O)=O)cc1Cl. The fourth-order valence-corrected chi connectivity index (χ4v) is 5.04. The number of carbonyl (C=O) groups excluding carboxylic acids is 1. The van der Waals surface area contributed by atoms with Crippen LogP contribution in [0.3, 0.4) is 0 Å². The second-order valence-corrected chi connectivity index (χ2v) is 10.6. The Balaban J connectivity index is 1.75. The van der Waals surface area contributed by atoms with Gasteiger partial charge in [-0.1, -0.05) is 41.4 Å². The summed E-state index contributed by atoms with van der Waals surface area (Å²) < 4.78 is 30.8. The van der Waals surface area contributed by atoms with Crippen LogP contribution in [-0.2, 0) is 20.6 Å². The van der Waals surface area contributed by atoms with Crippen LogP contribution >= 0.6 is 23.4 Å². The van der Waals surface area contributed by atoms with E-state index in [0.717, 1.165) is 17.8 Å². The summed E-state index contributed by atoms with van der Waals surface area (Å²) in [4.78, 5) is 12.1. The molecule has 1 amide bonds. The molecule has 0 fully saturated rings. The molecule has 1 N–H and O–H groups in total. The monoisotopic (exact) mass is 484 g/mol. The summed E-state index contributed by atoms with van der Waals surface area (Å²) in [5.74, 6) is 2.11. The molecule has 0 spiro atoms. The summed E-state index contributed by atoms with van der Waals surface area (Å²) in [5, 5.41) is 3.22. The molecule has 2 aromatic carbocycles. The fraction of sp³-hybridized carbons (Fsp3) is 0.409. The highest BCUT2D eigenvalue weighted by atomic mass is 35.5. The van der Waals surface area contributed by atoms with Gasteiger partial charge in [0.2, 0.25) is 15.9 Å². The zero-order chi connectivity index (χ0) is 22.9. The number of benzene rings is 2. The molecule has 0 atom stereocenters. The number of thioether (sulfide) groups is 1. The molecule has 2 rings (SSSR count). The van der Waals surface area contributed by atoms with E-state index in [4.69, 9.17) is 16.3 Å². The summed E-state index contributed by atoms with van der Waals surface area (Å²) in [6, 6.07) is 13.2. The smallest absolute Gasteiger partial charge is 0.232 e. The van der Waals surface area contributed by atoms with Gasteiger partial charge in [0.25, 0.3) is 0 Å². The summed E-state index contributed by atoms with van der Waals surface area (Å²) in [5.41, 5.74) is 2.96. The van der Waals surface area contributed by atoms with Crippen LogP contribution in [0.5, 0.6) is 5.75 Å². The molecule has 0 aliphatic carbocycles.